The Morgan fingerprint density at radius 1 is 1.23 bits per heavy atom. The molecule has 0 fully saturated rings. The zero-order valence-electron chi connectivity index (χ0n) is 11.2. The van der Waals surface area contributed by atoms with Crippen LogP contribution in [0.5, 0.6) is 0 Å². The summed E-state index contributed by atoms with van der Waals surface area (Å²) in [4.78, 5) is 22.3. The van der Waals surface area contributed by atoms with Crippen molar-refractivity contribution in [1.29, 1.82) is 0 Å². The fraction of sp³-hybridized carbons (Fsp3) is 0. The van der Waals surface area contributed by atoms with Crippen molar-refractivity contribution in [2.75, 3.05) is 0 Å². The van der Waals surface area contributed by atoms with E-state index in [0.29, 0.717) is 41.1 Å². The molecule has 0 saturated heterocycles. The van der Waals surface area contributed by atoms with Crippen molar-refractivity contribution in [3.8, 4) is 0 Å². The third kappa shape index (κ3) is 2.19. The number of nitrogens with zero attached hydrogens (tertiary/aromatic N) is 3. The summed E-state index contributed by atoms with van der Waals surface area (Å²) in [6.07, 6.45) is 1.79. The predicted octanol–water partition coefficient (Wildman–Crippen LogP) is 3.46. The second-order valence-corrected chi connectivity index (χ2v) is 8.47. The van der Waals surface area contributed by atoms with Gasteiger partial charge in [0.15, 0.2) is 0 Å². The van der Waals surface area contributed by atoms with E-state index < -0.39 is 0 Å². The van der Waals surface area contributed by atoms with Crippen molar-refractivity contribution in [3.63, 3.8) is 0 Å². The van der Waals surface area contributed by atoms with E-state index in [9.17, 15) is 4.79 Å². The minimum absolute atomic E-state index is 0.0836. The van der Waals surface area contributed by atoms with Crippen LogP contribution in [-0.4, -0.2) is 44.2 Å². The number of pyridine rings is 1. The quantitative estimate of drug-likeness (QED) is 0.303. The molecule has 1 aromatic carbocycles. The summed E-state index contributed by atoms with van der Waals surface area (Å²) in [6.45, 7) is 0. The van der Waals surface area contributed by atoms with Crippen molar-refractivity contribution in [2.45, 2.75) is 0 Å². The second-order valence-electron chi connectivity index (χ2n) is 4.75. The molecular formula is C15H7ClN3OSTl. The van der Waals surface area contributed by atoms with Gasteiger partial charge in [-0.15, -0.1) is 0 Å². The Balaban J connectivity index is 1.97. The van der Waals surface area contributed by atoms with Crippen LogP contribution in [0.4, 0.5) is 0 Å². The summed E-state index contributed by atoms with van der Waals surface area (Å²) in [5, 5.41) is 0.970. The molecule has 0 saturated carbocycles. The number of halogens is 1. The van der Waals surface area contributed by atoms with Crippen LogP contribution in [0.25, 0.3) is 21.9 Å². The molecule has 0 bridgehead atoms. The van der Waals surface area contributed by atoms with Crippen molar-refractivity contribution >= 4 is 76.7 Å². The number of thiophene rings is 1. The Kier molecular flexibility index (Phi) is 3.50. The molecule has 3 heterocycles. The van der Waals surface area contributed by atoms with Crippen molar-refractivity contribution in [1.82, 2.24) is 12.3 Å². The van der Waals surface area contributed by atoms with Gasteiger partial charge in [-0.25, -0.2) is 0 Å². The standard InChI is InChI=1S/C15H8ClN3OS.Tl/c16-12-6-5-11(21-12)14(20)15-18-10-7-17-9-4-2-1-3-8(9)13(10)19-15;/h1-7H,(H,17,18,19,20);/q;+1/p-1. The van der Waals surface area contributed by atoms with Crippen LogP contribution in [0, 0.1) is 0 Å². The maximum atomic E-state index is 12.7. The Morgan fingerprint density at radius 3 is 2.82 bits per heavy atom. The van der Waals surface area contributed by atoms with E-state index in [1.807, 2.05) is 26.6 Å². The number of aromatic nitrogens is 3. The number of fused-ring (bicyclic) bond motifs is 3. The van der Waals surface area contributed by atoms with Crippen LogP contribution in [0.1, 0.15) is 15.5 Å². The molecule has 0 radical (unpaired) electrons. The van der Waals surface area contributed by atoms with Gasteiger partial charge in [0.2, 0.25) is 0 Å². The monoisotopic (exact) mass is 517 g/mol. The SMILES string of the molecule is O=C(c1ccc(Cl)s1)c1nc2c3ccccc3ncc2[n]1[Tl]. The molecular weight excluding hydrogens is 510 g/mol. The molecule has 0 atom stereocenters. The molecule has 104 valence electrons. The van der Waals surface area contributed by atoms with E-state index in [1.54, 1.807) is 18.3 Å². The summed E-state index contributed by atoms with van der Waals surface area (Å²) in [5.41, 5.74) is 2.63. The molecule has 3 aromatic heterocycles. The second kappa shape index (κ2) is 5.40. The van der Waals surface area contributed by atoms with Gasteiger partial charge in [-0.05, 0) is 0 Å². The van der Waals surface area contributed by atoms with Gasteiger partial charge in [-0.2, -0.15) is 0 Å². The number of rotatable bonds is 2. The van der Waals surface area contributed by atoms with Crippen LogP contribution in [0.15, 0.2) is 42.6 Å². The minimum atomic E-state index is -0.0836. The summed E-state index contributed by atoms with van der Waals surface area (Å²) < 4.78 is 2.55. The van der Waals surface area contributed by atoms with Gasteiger partial charge in [-0.3, -0.25) is 0 Å². The fourth-order valence-corrected chi connectivity index (χ4v) is 4.78. The molecule has 4 nitrogen and oxygen atoms in total. The number of imidazole rings is 1. The zero-order valence-corrected chi connectivity index (χ0v) is 17.2. The molecule has 4 rings (SSSR count). The Morgan fingerprint density at radius 2 is 2.05 bits per heavy atom. The summed E-state index contributed by atoms with van der Waals surface area (Å²) >= 11 is 7.63. The Bertz CT molecular complexity index is 1040. The van der Waals surface area contributed by atoms with Gasteiger partial charge in [0.1, 0.15) is 0 Å². The molecule has 22 heavy (non-hydrogen) atoms. The average molecular weight is 517 g/mol. The molecule has 0 aliphatic carbocycles. The number of carbonyl (C=O) groups excluding carboxylic acids is 1. The van der Waals surface area contributed by atoms with E-state index in [-0.39, 0.29) is 5.78 Å². The first kappa shape index (κ1) is 14.3. The van der Waals surface area contributed by atoms with Crippen molar-refractivity contribution < 1.29 is 4.79 Å². The number of para-hydroxylation sites is 1. The third-order valence-electron chi connectivity index (χ3n) is 3.43. The van der Waals surface area contributed by atoms with E-state index in [4.69, 9.17) is 11.6 Å². The van der Waals surface area contributed by atoms with Crippen LogP contribution in [0.3, 0.4) is 0 Å². The number of hydrogen-bond acceptors (Lipinski definition) is 4. The van der Waals surface area contributed by atoms with E-state index >= 15 is 0 Å². The van der Waals surface area contributed by atoms with Crippen LogP contribution in [0.2, 0.25) is 4.34 Å². The van der Waals surface area contributed by atoms with Gasteiger partial charge in [0, 0.05) is 0 Å². The summed E-state index contributed by atoms with van der Waals surface area (Å²) in [7, 11) is 0. The normalized spacial score (nSPS) is 11.3. The zero-order chi connectivity index (χ0) is 15.3. The molecule has 7 heteroatoms. The first-order valence-corrected chi connectivity index (χ1v) is 9.66. The van der Waals surface area contributed by atoms with Gasteiger partial charge in [0.25, 0.3) is 0 Å². The molecule has 0 amide bonds. The van der Waals surface area contributed by atoms with E-state index in [1.165, 1.54) is 11.3 Å². The van der Waals surface area contributed by atoms with Crippen LogP contribution >= 0.6 is 22.9 Å². The average Bonchev–Trinajstić information content (AvgIpc) is 3.11. The maximum absolute atomic E-state index is 12.7. The Hall–Kier alpha value is -1.32. The van der Waals surface area contributed by atoms with Gasteiger partial charge >= 0.3 is 151 Å². The van der Waals surface area contributed by atoms with Crippen LogP contribution in [-0.2, 0) is 0 Å². The van der Waals surface area contributed by atoms with Gasteiger partial charge in [-0.1, -0.05) is 0 Å². The van der Waals surface area contributed by atoms with E-state index in [0.717, 1.165) is 21.9 Å². The molecule has 4 aromatic rings. The predicted molar refractivity (Wildman–Crippen MR) is 88.9 cm³/mol. The molecule has 0 N–H and O–H groups in total. The third-order valence-corrected chi connectivity index (χ3v) is 6.70. The molecule has 0 aliphatic rings. The number of ketones is 1. The Labute approximate surface area is 150 Å². The number of carbonyl (C=O) groups is 1. The van der Waals surface area contributed by atoms with Crippen molar-refractivity contribution in [3.05, 3.63) is 57.6 Å². The fourth-order valence-electron chi connectivity index (χ4n) is 2.39. The molecule has 0 spiro atoms. The van der Waals surface area contributed by atoms with E-state index in [2.05, 4.69) is 9.97 Å². The number of hydrogen-bond donors (Lipinski definition) is 0. The first-order chi connectivity index (χ1) is 10.6. The summed E-state index contributed by atoms with van der Waals surface area (Å²) in [5.74, 6) is 0.386. The first-order valence-electron chi connectivity index (χ1n) is 6.46. The number of benzene rings is 1. The topological polar surface area (TPSA) is 47.8 Å². The molecule has 0 aliphatic heterocycles. The summed E-state index contributed by atoms with van der Waals surface area (Å²) in [6, 6.07) is 11.3. The van der Waals surface area contributed by atoms with Crippen LogP contribution < -0.4 is 0 Å². The van der Waals surface area contributed by atoms with Gasteiger partial charge in [0.05, 0.1) is 0 Å². The van der Waals surface area contributed by atoms with Crippen molar-refractivity contribution in [2.24, 2.45) is 0 Å². The van der Waals surface area contributed by atoms with Gasteiger partial charge < -0.3 is 0 Å². The molecule has 0 unspecified atom stereocenters.